The SMILES string of the molecule is [O-][S+](Cc1cscn1)C(c1ccccc1)c1ccccc1. The third kappa shape index (κ3) is 3.53. The van der Waals surface area contributed by atoms with Crippen LogP contribution in [-0.4, -0.2) is 9.54 Å². The number of thiazole rings is 1. The monoisotopic (exact) mass is 313 g/mol. The molecule has 3 rings (SSSR count). The third-order valence-corrected chi connectivity index (χ3v) is 5.53. The second kappa shape index (κ2) is 6.89. The maximum atomic E-state index is 12.9. The lowest BCUT2D eigenvalue weighted by atomic mass is 10.0. The third-order valence-electron chi connectivity index (χ3n) is 3.24. The largest absolute Gasteiger partial charge is 0.615 e. The summed E-state index contributed by atoms with van der Waals surface area (Å²) in [6.07, 6.45) is 0. The van der Waals surface area contributed by atoms with Crippen LogP contribution in [0.1, 0.15) is 22.1 Å². The lowest BCUT2D eigenvalue weighted by Gasteiger charge is -2.22. The summed E-state index contributed by atoms with van der Waals surface area (Å²) in [4.78, 5) is 4.25. The van der Waals surface area contributed by atoms with Crippen molar-refractivity contribution < 1.29 is 4.55 Å². The number of aromatic nitrogens is 1. The highest BCUT2D eigenvalue weighted by Gasteiger charge is 2.27. The number of hydrogen-bond donors (Lipinski definition) is 0. The van der Waals surface area contributed by atoms with Gasteiger partial charge in [-0.2, -0.15) is 0 Å². The van der Waals surface area contributed by atoms with Crippen molar-refractivity contribution in [1.29, 1.82) is 0 Å². The van der Waals surface area contributed by atoms with E-state index in [9.17, 15) is 4.55 Å². The first-order valence-electron chi connectivity index (χ1n) is 6.69. The molecule has 1 aromatic heterocycles. The quantitative estimate of drug-likeness (QED) is 0.662. The average molecular weight is 313 g/mol. The van der Waals surface area contributed by atoms with Crippen LogP contribution < -0.4 is 0 Å². The highest BCUT2D eigenvalue weighted by molar-refractivity contribution is 7.91. The molecule has 0 bridgehead atoms. The normalized spacial score (nSPS) is 12.5. The Morgan fingerprint density at radius 3 is 2.00 bits per heavy atom. The van der Waals surface area contributed by atoms with Gasteiger partial charge in [-0.05, 0) is 11.2 Å². The van der Waals surface area contributed by atoms with Crippen LogP contribution in [-0.2, 0) is 16.9 Å². The predicted octanol–water partition coefficient (Wildman–Crippen LogP) is 4.18. The second-order valence-electron chi connectivity index (χ2n) is 4.71. The molecular formula is C17H15NOS2. The van der Waals surface area contributed by atoms with Gasteiger partial charge in [0.1, 0.15) is 11.4 Å². The van der Waals surface area contributed by atoms with Gasteiger partial charge in [-0.1, -0.05) is 60.7 Å². The summed E-state index contributed by atoms with van der Waals surface area (Å²) in [7, 11) is 0. The molecule has 0 saturated carbocycles. The standard InChI is InChI=1S/C17H15NOS2/c19-21(12-16-11-20-13-18-16)17(14-7-3-1-4-8-14)15-9-5-2-6-10-15/h1-11,13,17H,12H2. The molecule has 0 radical (unpaired) electrons. The van der Waals surface area contributed by atoms with E-state index >= 15 is 0 Å². The highest BCUT2D eigenvalue weighted by Crippen LogP contribution is 2.32. The topological polar surface area (TPSA) is 36.0 Å². The Morgan fingerprint density at radius 1 is 0.952 bits per heavy atom. The zero-order valence-corrected chi connectivity index (χ0v) is 13.0. The molecular weight excluding hydrogens is 298 g/mol. The highest BCUT2D eigenvalue weighted by atomic mass is 32.2. The predicted molar refractivity (Wildman–Crippen MR) is 88.7 cm³/mol. The fraction of sp³-hybridized carbons (Fsp3) is 0.118. The number of benzene rings is 2. The van der Waals surface area contributed by atoms with Crippen LogP contribution in [0.4, 0.5) is 0 Å². The summed E-state index contributed by atoms with van der Waals surface area (Å²) in [5, 5.41) is 1.85. The van der Waals surface area contributed by atoms with Crippen molar-refractivity contribution in [2.24, 2.45) is 0 Å². The van der Waals surface area contributed by atoms with Crippen molar-refractivity contribution in [2.75, 3.05) is 0 Å². The maximum Gasteiger partial charge on any atom is 0.166 e. The Bertz CT molecular complexity index is 616. The molecule has 0 N–H and O–H groups in total. The van der Waals surface area contributed by atoms with Gasteiger partial charge in [-0.15, -0.1) is 11.3 Å². The van der Waals surface area contributed by atoms with Crippen molar-refractivity contribution in [1.82, 2.24) is 4.98 Å². The van der Waals surface area contributed by atoms with Gasteiger partial charge in [-0.25, -0.2) is 4.98 Å². The van der Waals surface area contributed by atoms with Crippen LogP contribution in [0.5, 0.6) is 0 Å². The maximum absolute atomic E-state index is 12.9. The van der Waals surface area contributed by atoms with E-state index in [-0.39, 0.29) is 5.25 Å². The van der Waals surface area contributed by atoms with Crippen LogP contribution in [0.25, 0.3) is 0 Å². The fourth-order valence-electron chi connectivity index (χ4n) is 2.29. The van der Waals surface area contributed by atoms with Gasteiger partial charge in [0, 0.05) is 16.5 Å². The van der Waals surface area contributed by atoms with E-state index in [2.05, 4.69) is 4.98 Å². The van der Waals surface area contributed by atoms with Gasteiger partial charge in [0.25, 0.3) is 0 Å². The average Bonchev–Trinajstić information content (AvgIpc) is 3.02. The smallest absolute Gasteiger partial charge is 0.166 e. The molecule has 1 unspecified atom stereocenters. The van der Waals surface area contributed by atoms with Crippen molar-refractivity contribution in [2.45, 2.75) is 11.0 Å². The zero-order valence-electron chi connectivity index (χ0n) is 11.4. The summed E-state index contributed by atoms with van der Waals surface area (Å²) >= 11 is 0.494. The van der Waals surface area contributed by atoms with Crippen LogP contribution >= 0.6 is 11.3 Å². The van der Waals surface area contributed by atoms with E-state index in [0.29, 0.717) is 5.75 Å². The molecule has 106 valence electrons. The number of rotatable bonds is 5. The Labute approximate surface area is 131 Å². The van der Waals surface area contributed by atoms with Crippen LogP contribution in [0.3, 0.4) is 0 Å². The fourth-order valence-corrected chi connectivity index (χ4v) is 4.49. The summed E-state index contributed by atoms with van der Waals surface area (Å²) in [6.45, 7) is 0. The zero-order chi connectivity index (χ0) is 14.5. The van der Waals surface area contributed by atoms with E-state index in [1.165, 1.54) is 11.3 Å². The molecule has 0 aliphatic carbocycles. The van der Waals surface area contributed by atoms with E-state index in [1.807, 2.05) is 66.0 Å². The van der Waals surface area contributed by atoms with Gasteiger partial charge in [-0.3, -0.25) is 0 Å². The van der Waals surface area contributed by atoms with E-state index in [0.717, 1.165) is 16.8 Å². The summed E-state index contributed by atoms with van der Waals surface area (Å²) in [5.41, 5.74) is 4.84. The molecule has 4 heteroatoms. The molecule has 21 heavy (non-hydrogen) atoms. The van der Waals surface area contributed by atoms with E-state index < -0.39 is 11.2 Å². The van der Waals surface area contributed by atoms with Gasteiger partial charge in [0.15, 0.2) is 5.25 Å². The Balaban J connectivity index is 1.92. The van der Waals surface area contributed by atoms with Crippen molar-refractivity contribution in [3.05, 3.63) is 88.4 Å². The molecule has 0 spiro atoms. The first-order valence-corrected chi connectivity index (χ1v) is 9.01. The van der Waals surface area contributed by atoms with Crippen LogP contribution in [0.2, 0.25) is 0 Å². The van der Waals surface area contributed by atoms with Crippen molar-refractivity contribution in [3.63, 3.8) is 0 Å². The van der Waals surface area contributed by atoms with Gasteiger partial charge in [0.05, 0.1) is 5.51 Å². The number of hydrogen-bond acceptors (Lipinski definition) is 3. The minimum Gasteiger partial charge on any atom is -0.615 e. The van der Waals surface area contributed by atoms with Crippen molar-refractivity contribution >= 4 is 22.5 Å². The second-order valence-corrected chi connectivity index (χ2v) is 6.95. The molecule has 1 heterocycles. The molecule has 2 aromatic carbocycles. The molecule has 2 nitrogen and oxygen atoms in total. The first kappa shape index (κ1) is 14.3. The van der Waals surface area contributed by atoms with Gasteiger partial charge in [0.2, 0.25) is 0 Å². The van der Waals surface area contributed by atoms with Gasteiger partial charge >= 0.3 is 0 Å². The molecule has 0 fully saturated rings. The van der Waals surface area contributed by atoms with E-state index in [4.69, 9.17) is 0 Å². The molecule has 0 amide bonds. The molecule has 1 atom stereocenters. The molecule has 0 saturated heterocycles. The molecule has 0 aliphatic rings. The Kier molecular flexibility index (Phi) is 4.70. The first-order chi connectivity index (χ1) is 10.3. The van der Waals surface area contributed by atoms with Crippen LogP contribution in [0.15, 0.2) is 71.6 Å². The summed E-state index contributed by atoms with van der Waals surface area (Å²) < 4.78 is 12.9. The summed E-state index contributed by atoms with van der Waals surface area (Å²) in [6, 6.07) is 20.1. The van der Waals surface area contributed by atoms with Gasteiger partial charge < -0.3 is 4.55 Å². The Morgan fingerprint density at radius 2 is 1.52 bits per heavy atom. The molecule has 0 aliphatic heterocycles. The minimum atomic E-state index is -1.04. The lowest BCUT2D eigenvalue weighted by Crippen LogP contribution is -2.17. The van der Waals surface area contributed by atoms with Crippen molar-refractivity contribution in [3.8, 4) is 0 Å². The Hall–Kier alpha value is -1.62. The minimum absolute atomic E-state index is 0.117. The lowest BCUT2D eigenvalue weighted by molar-refractivity contribution is 0.586. The van der Waals surface area contributed by atoms with Crippen LogP contribution in [0, 0.1) is 0 Å². The van der Waals surface area contributed by atoms with E-state index in [1.54, 1.807) is 5.51 Å². The number of nitrogens with zero attached hydrogens (tertiary/aromatic N) is 1. The molecule has 3 aromatic rings. The summed E-state index contributed by atoms with van der Waals surface area (Å²) in [5.74, 6) is 0.484.